The second kappa shape index (κ2) is 15.9. The van der Waals surface area contributed by atoms with Gasteiger partial charge in [0, 0.05) is 56.6 Å². The Morgan fingerprint density at radius 2 is 1.71 bits per heavy atom. The number of ether oxygens (including phenoxy) is 2. The van der Waals surface area contributed by atoms with Gasteiger partial charge in [0.15, 0.2) is 11.4 Å². The van der Waals surface area contributed by atoms with E-state index < -0.39 is 12.3 Å². The van der Waals surface area contributed by atoms with Gasteiger partial charge in [-0.1, -0.05) is 72.4 Å². The molecule has 3 N–H and O–H groups in total. The van der Waals surface area contributed by atoms with Gasteiger partial charge < -0.3 is 29.6 Å². The highest BCUT2D eigenvalue weighted by Gasteiger charge is 2.32. The van der Waals surface area contributed by atoms with Crippen LogP contribution in [0.5, 0.6) is 0 Å². The molecule has 2 heterocycles. The molecular formula is C35H39N3O6S. The topological polar surface area (TPSA) is 123 Å². The molecule has 1 aromatic heterocycles. The third-order valence-electron chi connectivity index (χ3n) is 7.74. The van der Waals surface area contributed by atoms with Gasteiger partial charge in [0.1, 0.15) is 0 Å². The molecule has 10 heteroatoms. The van der Waals surface area contributed by atoms with E-state index in [0.717, 1.165) is 44.3 Å². The number of thioether (sulfide) groups is 1. The Balaban J connectivity index is 1.28. The number of aryl methyl sites for hydroxylation is 1. The normalized spacial score (nSPS) is 18.0. The van der Waals surface area contributed by atoms with E-state index in [4.69, 9.17) is 14.6 Å². The van der Waals surface area contributed by atoms with Crippen molar-refractivity contribution in [3.05, 3.63) is 107 Å². The van der Waals surface area contributed by atoms with Gasteiger partial charge in [0.05, 0.1) is 18.8 Å². The maximum Gasteiger partial charge on any atom is 0.303 e. The Morgan fingerprint density at radius 3 is 2.44 bits per heavy atom. The van der Waals surface area contributed by atoms with Crippen LogP contribution in [0.4, 0.5) is 0 Å². The van der Waals surface area contributed by atoms with Crippen molar-refractivity contribution in [2.45, 2.75) is 68.9 Å². The monoisotopic (exact) mass is 629 g/mol. The number of amides is 1. The zero-order valence-corrected chi connectivity index (χ0v) is 26.1. The Bertz CT molecular complexity index is 1570. The van der Waals surface area contributed by atoms with E-state index in [1.54, 1.807) is 18.0 Å². The first-order chi connectivity index (χ1) is 21.9. The first-order valence-corrected chi connectivity index (χ1v) is 16.1. The summed E-state index contributed by atoms with van der Waals surface area (Å²) in [5.74, 6) is -0.204. The van der Waals surface area contributed by atoms with Crippen LogP contribution in [0, 0.1) is 0 Å². The molecule has 0 bridgehead atoms. The number of carboxylic acid groups (broad SMARTS) is 1. The fraction of sp³-hybridized carbons (Fsp3) is 0.343. The molecule has 1 aliphatic rings. The summed E-state index contributed by atoms with van der Waals surface area (Å²) in [7, 11) is 1.98. The molecule has 45 heavy (non-hydrogen) atoms. The predicted octanol–water partition coefficient (Wildman–Crippen LogP) is 6.18. The van der Waals surface area contributed by atoms with Gasteiger partial charge in [-0.2, -0.15) is 0 Å². The Morgan fingerprint density at radius 1 is 0.956 bits per heavy atom. The summed E-state index contributed by atoms with van der Waals surface area (Å²) in [4.78, 5) is 27.4. The number of carbonyl (C=O) groups is 2. The van der Waals surface area contributed by atoms with Gasteiger partial charge in [-0.15, -0.1) is 0 Å². The van der Waals surface area contributed by atoms with Crippen LogP contribution in [-0.2, 0) is 39.3 Å². The number of aliphatic carboxylic acids is 1. The summed E-state index contributed by atoms with van der Waals surface area (Å²) in [6.45, 7) is 0.391. The van der Waals surface area contributed by atoms with Crippen LogP contribution < -0.4 is 5.32 Å². The number of hydrogen-bond donors (Lipinski definition) is 3. The quantitative estimate of drug-likeness (QED) is 0.112. The number of aliphatic hydroxyl groups is 1. The molecule has 0 radical (unpaired) electrons. The van der Waals surface area contributed by atoms with Crippen LogP contribution in [0.1, 0.15) is 66.8 Å². The highest BCUT2D eigenvalue weighted by atomic mass is 32.2. The number of unbranched alkanes of at least 4 members (excludes halogenated alkanes) is 1. The van der Waals surface area contributed by atoms with Gasteiger partial charge in [0.25, 0.3) is 0 Å². The first kappa shape index (κ1) is 32.4. The fourth-order valence-corrected chi connectivity index (χ4v) is 6.21. The molecule has 1 saturated heterocycles. The molecule has 1 aliphatic heterocycles. The van der Waals surface area contributed by atoms with Crippen LogP contribution in [0.15, 0.2) is 90.3 Å². The minimum Gasteiger partial charge on any atom is -0.481 e. The van der Waals surface area contributed by atoms with Gasteiger partial charge in [-0.25, -0.2) is 4.98 Å². The van der Waals surface area contributed by atoms with Gasteiger partial charge in [-0.3, -0.25) is 9.59 Å². The van der Waals surface area contributed by atoms with E-state index in [0.29, 0.717) is 32.2 Å². The molecule has 3 aromatic carbocycles. The van der Waals surface area contributed by atoms with Crippen LogP contribution in [0.2, 0.25) is 0 Å². The smallest absolute Gasteiger partial charge is 0.303 e. The summed E-state index contributed by atoms with van der Waals surface area (Å²) in [6, 6.07) is 24.1. The van der Waals surface area contributed by atoms with E-state index >= 15 is 0 Å². The SMILES string of the molecule is Cn1ccnc1SC[C@@H]1C[C@H](c2ccc(CO)cc2)O[C@H](c2cccc(-c3cccc(CNC(=O)CCCCC(=O)O)c3)c2)O1. The predicted molar refractivity (Wildman–Crippen MR) is 172 cm³/mol. The van der Waals surface area contributed by atoms with Gasteiger partial charge >= 0.3 is 5.97 Å². The lowest BCUT2D eigenvalue weighted by Gasteiger charge is -2.36. The minimum absolute atomic E-state index is 0.00453. The number of carbonyl (C=O) groups excluding carboxylic acids is 1. The second-order valence-electron chi connectivity index (χ2n) is 11.2. The summed E-state index contributed by atoms with van der Waals surface area (Å²) < 4.78 is 15.1. The summed E-state index contributed by atoms with van der Waals surface area (Å²) in [5.41, 5.74) is 5.81. The van der Waals surface area contributed by atoms with Crippen molar-refractivity contribution in [1.82, 2.24) is 14.9 Å². The number of aromatic nitrogens is 2. The zero-order valence-electron chi connectivity index (χ0n) is 25.3. The van der Waals surface area contributed by atoms with Crippen molar-refractivity contribution < 1.29 is 29.3 Å². The van der Waals surface area contributed by atoms with Crippen molar-refractivity contribution >= 4 is 23.6 Å². The van der Waals surface area contributed by atoms with Crippen LogP contribution in [-0.4, -0.2) is 43.5 Å². The number of imidazole rings is 1. The lowest BCUT2D eigenvalue weighted by Crippen LogP contribution is -2.31. The van der Waals surface area contributed by atoms with E-state index in [-0.39, 0.29) is 31.1 Å². The minimum atomic E-state index is -0.842. The molecular weight excluding hydrogens is 590 g/mol. The molecule has 4 aromatic rings. The van der Waals surface area contributed by atoms with E-state index in [1.165, 1.54) is 0 Å². The van der Waals surface area contributed by atoms with Crippen molar-refractivity contribution in [3.8, 4) is 11.1 Å². The number of nitrogens with one attached hydrogen (secondary N) is 1. The first-order valence-electron chi connectivity index (χ1n) is 15.2. The van der Waals surface area contributed by atoms with Crippen molar-refractivity contribution in [3.63, 3.8) is 0 Å². The molecule has 236 valence electrons. The fourth-order valence-electron chi connectivity index (χ4n) is 5.26. The summed E-state index contributed by atoms with van der Waals surface area (Å²) in [5, 5.41) is 22.1. The molecule has 3 atom stereocenters. The second-order valence-corrected chi connectivity index (χ2v) is 12.2. The average Bonchev–Trinajstić information content (AvgIpc) is 3.49. The van der Waals surface area contributed by atoms with Crippen molar-refractivity contribution in [2.24, 2.45) is 7.05 Å². The molecule has 1 fully saturated rings. The zero-order chi connectivity index (χ0) is 31.6. The largest absolute Gasteiger partial charge is 0.481 e. The molecule has 5 rings (SSSR count). The third-order valence-corrected chi connectivity index (χ3v) is 8.93. The maximum absolute atomic E-state index is 12.2. The van der Waals surface area contributed by atoms with Gasteiger partial charge in [0.2, 0.25) is 5.91 Å². The Labute approximate surface area is 267 Å². The highest BCUT2D eigenvalue weighted by molar-refractivity contribution is 7.99. The number of nitrogens with zero attached hydrogens (tertiary/aromatic N) is 2. The maximum atomic E-state index is 12.2. The Hall–Kier alpha value is -3.96. The molecule has 9 nitrogen and oxygen atoms in total. The van der Waals surface area contributed by atoms with Crippen molar-refractivity contribution in [2.75, 3.05) is 5.75 Å². The lowest BCUT2D eigenvalue weighted by molar-refractivity contribution is -0.245. The van der Waals surface area contributed by atoms with Crippen LogP contribution in [0.3, 0.4) is 0 Å². The number of aliphatic hydroxyl groups excluding tert-OH is 1. The highest BCUT2D eigenvalue weighted by Crippen LogP contribution is 2.40. The molecule has 0 aliphatic carbocycles. The van der Waals surface area contributed by atoms with Crippen LogP contribution in [0.25, 0.3) is 11.1 Å². The standard InChI is InChI=1S/C35H39N3O6S/c1-38-17-16-36-35(38)45-23-30-20-31(26-14-12-24(22-39)13-15-26)44-34(43-30)29-9-5-8-28(19-29)27-7-4-6-25(18-27)21-37-32(40)10-2-3-11-33(41)42/h4-9,12-19,30-31,34,39H,2-3,10-11,20-23H2,1H3,(H,37,40)(H,41,42)/t30-,31+,34+/m0/s1. The number of rotatable bonds is 14. The Kier molecular flexibility index (Phi) is 11.4. The van der Waals surface area contributed by atoms with Crippen LogP contribution >= 0.6 is 11.8 Å². The lowest BCUT2D eigenvalue weighted by atomic mass is 9.99. The number of benzene rings is 3. The van der Waals surface area contributed by atoms with Crippen molar-refractivity contribution in [1.29, 1.82) is 0 Å². The van der Waals surface area contributed by atoms with Gasteiger partial charge in [-0.05, 0) is 52.8 Å². The molecule has 0 saturated carbocycles. The van der Waals surface area contributed by atoms with E-state index in [1.807, 2.05) is 78.5 Å². The summed E-state index contributed by atoms with van der Waals surface area (Å²) >= 11 is 1.66. The number of hydrogen-bond acceptors (Lipinski definition) is 7. The molecule has 0 unspecified atom stereocenters. The molecule has 0 spiro atoms. The molecule has 1 amide bonds. The third kappa shape index (κ3) is 9.27. The average molecular weight is 630 g/mol. The number of carboxylic acids is 1. The van der Waals surface area contributed by atoms with E-state index in [9.17, 15) is 14.7 Å². The van der Waals surface area contributed by atoms with E-state index in [2.05, 4.69) is 22.4 Å². The summed E-state index contributed by atoms with van der Waals surface area (Å²) in [6.07, 6.45) is 5.02.